The Morgan fingerprint density at radius 1 is 0.970 bits per heavy atom. The first kappa shape index (κ1) is 21.6. The van der Waals surface area contributed by atoms with Gasteiger partial charge in [0.15, 0.2) is 22.8 Å². The van der Waals surface area contributed by atoms with Crippen molar-refractivity contribution in [1.29, 1.82) is 0 Å². The monoisotopic (exact) mass is 448 g/mol. The summed E-state index contributed by atoms with van der Waals surface area (Å²) >= 11 is 0. The summed E-state index contributed by atoms with van der Waals surface area (Å²) in [7, 11) is 4.32. The molecule has 1 amide bonds. The van der Waals surface area contributed by atoms with Gasteiger partial charge in [-0.25, -0.2) is 14.3 Å². The largest absolute Gasteiger partial charge is 0.507 e. The first-order valence-electron chi connectivity index (χ1n) is 9.75. The number of benzene rings is 2. The molecule has 10 heteroatoms. The van der Waals surface area contributed by atoms with Crippen LogP contribution in [-0.4, -0.2) is 52.9 Å². The SMILES string of the molecule is COC(=O)c1ccc(NC(=O)c2cc3nccc(-c4ccc(OC)c(OC)c4)n3n2)cc1O. The van der Waals surface area contributed by atoms with Crippen molar-refractivity contribution in [3.05, 3.63) is 66.0 Å². The average Bonchev–Trinajstić information content (AvgIpc) is 3.28. The lowest BCUT2D eigenvalue weighted by molar-refractivity contribution is 0.0597. The van der Waals surface area contributed by atoms with Crippen LogP contribution in [0.3, 0.4) is 0 Å². The van der Waals surface area contributed by atoms with E-state index in [4.69, 9.17) is 9.47 Å². The number of hydrogen-bond donors (Lipinski definition) is 2. The number of aromatic hydroxyl groups is 1. The maximum Gasteiger partial charge on any atom is 0.341 e. The van der Waals surface area contributed by atoms with Crippen LogP contribution >= 0.6 is 0 Å². The van der Waals surface area contributed by atoms with Crippen molar-refractivity contribution in [1.82, 2.24) is 14.6 Å². The Morgan fingerprint density at radius 2 is 1.76 bits per heavy atom. The van der Waals surface area contributed by atoms with Gasteiger partial charge >= 0.3 is 5.97 Å². The molecule has 2 N–H and O–H groups in total. The van der Waals surface area contributed by atoms with Crippen molar-refractivity contribution < 1.29 is 28.9 Å². The van der Waals surface area contributed by atoms with E-state index in [-0.39, 0.29) is 22.7 Å². The number of phenolic OH excluding ortho intramolecular Hbond substituents is 1. The number of rotatable bonds is 6. The summed E-state index contributed by atoms with van der Waals surface area (Å²) in [6.07, 6.45) is 1.62. The van der Waals surface area contributed by atoms with E-state index in [0.717, 1.165) is 5.56 Å². The third kappa shape index (κ3) is 4.13. The second kappa shape index (κ2) is 8.87. The van der Waals surface area contributed by atoms with Gasteiger partial charge < -0.3 is 24.6 Å². The number of carbonyl (C=O) groups excluding carboxylic acids is 2. The quantitative estimate of drug-likeness (QED) is 0.431. The lowest BCUT2D eigenvalue weighted by Gasteiger charge is -2.10. The van der Waals surface area contributed by atoms with Crippen molar-refractivity contribution in [2.24, 2.45) is 0 Å². The van der Waals surface area contributed by atoms with Crippen molar-refractivity contribution in [3.8, 4) is 28.5 Å². The molecule has 0 spiro atoms. The van der Waals surface area contributed by atoms with Gasteiger partial charge in [0.05, 0.1) is 27.0 Å². The highest BCUT2D eigenvalue weighted by Crippen LogP contribution is 2.32. The van der Waals surface area contributed by atoms with Crippen LogP contribution in [0.25, 0.3) is 16.9 Å². The van der Waals surface area contributed by atoms with Crippen LogP contribution < -0.4 is 14.8 Å². The molecule has 4 aromatic rings. The van der Waals surface area contributed by atoms with Crippen LogP contribution in [0.4, 0.5) is 5.69 Å². The van der Waals surface area contributed by atoms with Crippen LogP contribution in [0.15, 0.2) is 54.7 Å². The lowest BCUT2D eigenvalue weighted by atomic mass is 10.1. The predicted octanol–water partition coefficient (Wildman–Crippen LogP) is 3.16. The van der Waals surface area contributed by atoms with Crippen LogP contribution in [0.2, 0.25) is 0 Å². The predicted molar refractivity (Wildman–Crippen MR) is 119 cm³/mol. The van der Waals surface area contributed by atoms with E-state index in [0.29, 0.717) is 22.8 Å². The molecule has 2 aromatic heterocycles. The van der Waals surface area contributed by atoms with E-state index < -0.39 is 11.9 Å². The molecule has 0 fully saturated rings. The molecule has 0 atom stereocenters. The fourth-order valence-electron chi connectivity index (χ4n) is 3.31. The molecule has 4 rings (SSSR count). The normalized spacial score (nSPS) is 10.6. The van der Waals surface area contributed by atoms with E-state index in [1.807, 2.05) is 6.07 Å². The Balaban J connectivity index is 1.65. The number of hydrogen-bond acceptors (Lipinski definition) is 8. The van der Waals surface area contributed by atoms with Gasteiger partial charge in [0, 0.05) is 29.6 Å². The molecule has 0 unspecified atom stereocenters. The van der Waals surface area contributed by atoms with Gasteiger partial charge in [0.25, 0.3) is 5.91 Å². The van der Waals surface area contributed by atoms with Gasteiger partial charge in [0.2, 0.25) is 0 Å². The maximum atomic E-state index is 12.8. The highest BCUT2D eigenvalue weighted by molar-refractivity contribution is 6.04. The summed E-state index contributed by atoms with van der Waals surface area (Å²) in [6.45, 7) is 0. The molecule has 168 valence electrons. The fourth-order valence-corrected chi connectivity index (χ4v) is 3.31. The molecule has 0 aliphatic carbocycles. The van der Waals surface area contributed by atoms with Gasteiger partial charge in [-0.1, -0.05) is 0 Å². The van der Waals surface area contributed by atoms with Crippen LogP contribution in [0.5, 0.6) is 17.2 Å². The number of phenols is 1. The van der Waals surface area contributed by atoms with Gasteiger partial charge in [-0.15, -0.1) is 0 Å². The van der Waals surface area contributed by atoms with Crippen molar-refractivity contribution in [2.45, 2.75) is 0 Å². The minimum absolute atomic E-state index is 0.00742. The highest BCUT2D eigenvalue weighted by atomic mass is 16.5. The number of amides is 1. The van der Waals surface area contributed by atoms with Crippen LogP contribution in [0, 0.1) is 0 Å². The van der Waals surface area contributed by atoms with Gasteiger partial charge in [0.1, 0.15) is 11.3 Å². The number of ether oxygens (including phenoxy) is 3. The minimum Gasteiger partial charge on any atom is -0.507 e. The molecule has 33 heavy (non-hydrogen) atoms. The molecule has 0 saturated carbocycles. The molecule has 0 saturated heterocycles. The summed E-state index contributed by atoms with van der Waals surface area (Å²) in [4.78, 5) is 28.7. The van der Waals surface area contributed by atoms with E-state index in [1.54, 1.807) is 49.2 Å². The molecule has 0 aliphatic rings. The van der Waals surface area contributed by atoms with E-state index in [1.165, 1.54) is 25.3 Å². The maximum absolute atomic E-state index is 12.8. The molecular formula is C23H20N4O6. The van der Waals surface area contributed by atoms with Crippen molar-refractivity contribution >= 4 is 23.2 Å². The minimum atomic E-state index is -0.681. The van der Waals surface area contributed by atoms with Crippen molar-refractivity contribution in [2.75, 3.05) is 26.6 Å². The third-order valence-corrected chi connectivity index (χ3v) is 4.93. The van der Waals surface area contributed by atoms with Gasteiger partial charge in [-0.2, -0.15) is 5.10 Å². The number of carbonyl (C=O) groups is 2. The second-order valence-electron chi connectivity index (χ2n) is 6.88. The zero-order valence-electron chi connectivity index (χ0n) is 18.0. The Labute approximate surface area is 188 Å². The fraction of sp³-hybridized carbons (Fsp3) is 0.130. The molecule has 10 nitrogen and oxygen atoms in total. The van der Waals surface area contributed by atoms with E-state index >= 15 is 0 Å². The molecule has 2 aromatic carbocycles. The lowest BCUT2D eigenvalue weighted by Crippen LogP contribution is -2.13. The number of nitrogens with zero attached hydrogens (tertiary/aromatic N) is 3. The topological polar surface area (TPSA) is 124 Å². The smallest absolute Gasteiger partial charge is 0.341 e. The second-order valence-corrected chi connectivity index (χ2v) is 6.88. The number of anilines is 1. The summed E-state index contributed by atoms with van der Waals surface area (Å²) in [5, 5.41) is 17.1. The Morgan fingerprint density at radius 3 is 2.45 bits per heavy atom. The van der Waals surface area contributed by atoms with Crippen LogP contribution in [0.1, 0.15) is 20.8 Å². The first-order valence-corrected chi connectivity index (χ1v) is 9.75. The zero-order valence-corrected chi connectivity index (χ0v) is 18.0. The summed E-state index contributed by atoms with van der Waals surface area (Å²) in [5.41, 5.74) is 2.35. The Bertz CT molecular complexity index is 1360. The number of nitrogens with one attached hydrogen (secondary N) is 1. The average molecular weight is 448 g/mol. The number of aromatic nitrogens is 3. The Hall–Kier alpha value is -4.60. The molecular weight excluding hydrogens is 428 g/mol. The number of methoxy groups -OCH3 is 3. The van der Waals surface area contributed by atoms with E-state index in [9.17, 15) is 14.7 Å². The van der Waals surface area contributed by atoms with E-state index in [2.05, 4.69) is 20.1 Å². The van der Waals surface area contributed by atoms with Gasteiger partial charge in [-0.05, 0) is 36.4 Å². The van der Waals surface area contributed by atoms with Gasteiger partial charge in [-0.3, -0.25) is 4.79 Å². The number of esters is 1. The molecule has 0 aliphatic heterocycles. The molecule has 0 radical (unpaired) electrons. The molecule has 2 heterocycles. The third-order valence-electron chi connectivity index (χ3n) is 4.93. The van der Waals surface area contributed by atoms with Crippen molar-refractivity contribution in [3.63, 3.8) is 0 Å². The summed E-state index contributed by atoms with van der Waals surface area (Å²) in [6, 6.07) is 12.8. The zero-order chi connectivity index (χ0) is 23.5. The number of fused-ring (bicyclic) bond motifs is 1. The highest BCUT2D eigenvalue weighted by Gasteiger charge is 2.17. The molecule has 0 bridgehead atoms. The summed E-state index contributed by atoms with van der Waals surface area (Å²) in [5.74, 6) is -0.357. The first-order chi connectivity index (χ1) is 15.9. The Kier molecular flexibility index (Phi) is 5.81. The summed E-state index contributed by atoms with van der Waals surface area (Å²) < 4.78 is 16.8. The standard InChI is InChI=1S/C23H20N4O6/c1-31-19-7-4-13(10-20(19)32-2)17-8-9-24-21-12-16(26-27(17)21)22(29)25-14-5-6-15(18(28)11-14)23(30)33-3/h4-12,28H,1-3H3,(H,25,29). The van der Waals surface area contributed by atoms with Crippen LogP contribution in [-0.2, 0) is 4.74 Å².